The second-order valence-corrected chi connectivity index (χ2v) is 7.00. The highest BCUT2D eigenvalue weighted by Gasteiger charge is 2.14. The summed E-state index contributed by atoms with van der Waals surface area (Å²) < 4.78 is 5.76. The number of aromatic carboxylic acids is 1. The van der Waals surface area contributed by atoms with Crippen molar-refractivity contribution in [2.24, 2.45) is 0 Å². The van der Waals surface area contributed by atoms with Crippen molar-refractivity contribution in [2.75, 3.05) is 6.61 Å². The molecule has 0 aliphatic carbocycles. The van der Waals surface area contributed by atoms with E-state index in [0.717, 1.165) is 22.3 Å². The normalized spacial score (nSPS) is 10.6. The van der Waals surface area contributed by atoms with E-state index < -0.39 is 5.97 Å². The van der Waals surface area contributed by atoms with Crippen molar-refractivity contribution in [1.82, 2.24) is 0 Å². The molecule has 3 nitrogen and oxygen atoms in total. The Morgan fingerprint density at radius 3 is 2.41 bits per heavy atom. The Labute approximate surface area is 164 Å². The van der Waals surface area contributed by atoms with Crippen LogP contribution in [-0.4, -0.2) is 17.7 Å². The zero-order valence-electron chi connectivity index (χ0n) is 15.3. The third-order valence-electron chi connectivity index (χ3n) is 4.46. The molecule has 3 rings (SSSR count). The van der Waals surface area contributed by atoms with Gasteiger partial charge in [-0.25, -0.2) is 4.79 Å². The molecule has 0 unspecified atom stereocenters. The Morgan fingerprint density at radius 1 is 1.00 bits per heavy atom. The molecular weight excluding hydrogens is 360 g/mol. The summed E-state index contributed by atoms with van der Waals surface area (Å²) in [5.74, 6) is -0.618. The van der Waals surface area contributed by atoms with Crippen molar-refractivity contribution in [1.29, 1.82) is 0 Å². The summed E-state index contributed by atoms with van der Waals surface area (Å²) in [5.41, 5.74) is 5.44. The molecule has 3 aromatic carbocycles. The van der Waals surface area contributed by atoms with Crippen LogP contribution in [0.2, 0.25) is 5.02 Å². The Balaban J connectivity index is 1.79. The van der Waals surface area contributed by atoms with Crippen LogP contribution in [0.5, 0.6) is 5.75 Å². The van der Waals surface area contributed by atoms with Crippen LogP contribution < -0.4 is 4.74 Å². The van der Waals surface area contributed by atoms with Crippen LogP contribution in [0.3, 0.4) is 0 Å². The van der Waals surface area contributed by atoms with E-state index in [9.17, 15) is 9.90 Å². The maximum absolute atomic E-state index is 11.7. The lowest BCUT2D eigenvalue weighted by Crippen LogP contribution is -2.06. The van der Waals surface area contributed by atoms with E-state index in [1.165, 1.54) is 5.56 Å². The summed E-state index contributed by atoms with van der Waals surface area (Å²) in [4.78, 5) is 11.7. The van der Waals surface area contributed by atoms with Gasteiger partial charge in [0.15, 0.2) is 0 Å². The van der Waals surface area contributed by atoms with Crippen molar-refractivity contribution >= 4 is 17.6 Å². The number of halogens is 1. The van der Waals surface area contributed by atoms with Gasteiger partial charge >= 0.3 is 5.97 Å². The molecule has 0 amide bonds. The number of carboxylic acid groups (broad SMARTS) is 1. The fourth-order valence-corrected chi connectivity index (χ4v) is 3.18. The molecule has 27 heavy (non-hydrogen) atoms. The van der Waals surface area contributed by atoms with Crippen molar-refractivity contribution in [2.45, 2.75) is 20.3 Å². The van der Waals surface area contributed by atoms with E-state index in [0.29, 0.717) is 23.8 Å². The molecule has 138 valence electrons. The maximum Gasteiger partial charge on any atom is 0.339 e. The van der Waals surface area contributed by atoms with Gasteiger partial charge in [0.1, 0.15) is 11.3 Å². The molecule has 1 N–H and O–H groups in total. The molecule has 0 fully saturated rings. The van der Waals surface area contributed by atoms with Gasteiger partial charge in [-0.2, -0.15) is 0 Å². The number of carboxylic acids is 1. The quantitative estimate of drug-likeness (QED) is 0.575. The molecule has 0 aliphatic heterocycles. The second kappa shape index (κ2) is 8.28. The molecule has 3 aromatic rings. The lowest BCUT2D eigenvalue weighted by atomic mass is 9.97. The van der Waals surface area contributed by atoms with Gasteiger partial charge in [-0.1, -0.05) is 53.6 Å². The standard InChI is InChI=1S/C23H21ClO3/c1-15-3-9-20(16(2)13-15)18-6-10-22(21(14-18)23(25)26)27-12-11-17-4-7-19(24)8-5-17/h3-10,13-14H,11-12H2,1-2H3,(H,25,26). The third-order valence-corrected chi connectivity index (χ3v) is 4.72. The van der Waals surface area contributed by atoms with Gasteiger partial charge in [-0.05, 0) is 60.4 Å². The third kappa shape index (κ3) is 4.69. The zero-order valence-corrected chi connectivity index (χ0v) is 16.1. The molecule has 0 saturated carbocycles. The van der Waals surface area contributed by atoms with Crippen LogP contribution in [0.15, 0.2) is 60.7 Å². The molecule has 0 spiro atoms. The van der Waals surface area contributed by atoms with Gasteiger partial charge in [0, 0.05) is 11.4 Å². The predicted molar refractivity (Wildman–Crippen MR) is 109 cm³/mol. The highest BCUT2D eigenvalue weighted by molar-refractivity contribution is 6.30. The summed E-state index contributed by atoms with van der Waals surface area (Å²) in [6, 6.07) is 19.0. The number of hydrogen-bond donors (Lipinski definition) is 1. The minimum Gasteiger partial charge on any atom is -0.492 e. The van der Waals surface area contributed by atoms with E-state index in [1.54, 1.807) is 12.1 Å². The van der Waals surface area contributed by atoms with Gasteiger partial charge in [0.25, 0.3) is 0 Å². The monoisotopic (exact) mass is 380 g/mol. The summed E-state index contributed by atoms with van der Waals surface area (Å²) in [6.07, 6.45) is 0.676. The maximum atomic E-state index is 11.7. The Morgan fingerprint density at radius 2 is 1.74 bits per heavy atom. The predicted octanol–water partition coefficient (Wildman–Crippen LogP) is 5.94. The number of rotatable bonds is 6. The van der Waals surface area contributed by atoms with Gasteiger partial charge in [-0.15, -0.1) is 0 Å². The van der Waals surface area contributed by atoms with Crippen molar-refractivity contribution in [3.05, 3.63) is 87.9 Å². The average Bonchev–Trinajstić information content (AvgIpc) is 2.63. The Bertz CT molecular complexity index is 962. The van der Waals surface area contributed by atoms with Gasteiger partial charge in [-0.3, -0.25) is 0 Å². The summed E-state index contributed by atoms with van der Waals surface area (Å²) >= 11 is 5.89. The summed E-state index contributed by atoms with van der Waals surface area (Å²) in [6.45, 7) is 4.46. The minimum atomic E-state index is -0.997. The molecule has 0 atom stereocenters. The molecule has 0 bridgehead atoms. The molecule has 0 aromatic heterocycles. The first-order valence-electron chi connectivity index (χ1n) is 8.76. The zero-order chi connectivity index (χ0) is 19.4. The van der Waals surface area contributed by atoms with E-state index in [1.807, 2.05) is 56.3 Å². The highest BCUT2D eigenvalue weighted by atomic mass is 35.5. The fourth-order valence-electron chi connectivity index (χ4n) is 3.06. The van der Waals surface area contributed by atoms with Crippen LogP contribution in [-0.2, 0) is 6.42 Å². The van der Waals surface area contributed by atoms with Gasteiger partial charge in [0.2, 0.25) is 0 Å². The van der Waals surface area contributed by atoms with Crippen LogP contribution in [0.1, 0.15) is 27.0 Å². The minimum absolute atomic E-state index is 0.170. The molecule has 0 heterocycles. The molecule has 0 radical (unpaired) electrons. The number of carbonyl (C=O) groups is 1. The average molecular weight is 381 g/mol. The van der Waals surface area contributed by atoms with E-state index in [2.05, 4.69) is 6.07 Å². The van der Waals surface area contributed by atoms with Crippen LogP contribution in [0, 0.1) is 13.8 Å². The Kier molecular flexibility index (Phi) is 5.82. The Hall–Kier alpha value is -2.78. The topological polar surface area (TPSA) is 46.5 Å². The SMILES string of the molecule is Cc1ccc(-c2ccc(OCCc3ccc(Cl)cc3)c(C(=O)O)c2)c(C)c1. The smallest absolute Gasteiger partial charge is 0.339 e. The van der Waals surface area contributed by atoms with E-state index >= 15 is 0 Å². The van der Waals surface area contributed by atoms with Crippen molar-refractivity contribution in [3.63, 3.8) is 0 Å². The second-order valence-electron chi connectivity index (χ2n) is 6.56. The highest BCUT2D eigenvalue weighted by Crippen LogP contribution is 2.29. The number of benzene rings is 3. The molecule has 0 aliphatic rings. The fraction of sp³-hybridized carbons (Fsp3) is 0.174. The van der Waals surface area contributed by atoms with Crippen LogP contribution in [0.25, 0.3) is 11.1 Å². The van der Waals surface area contributed by atoms with Crippen LogP contribution >= 0.6 is 11.6 Å². The number of hydrogen-bond acceptors (Lipinski definition) is 2. The van der Waals surface area contributed by atoms with Gasteiger partial charge in [0.05, 0.1) is 6.61 Å². The van der Waals surface area contributed by atoms with Crippen molar-refractivity contribution in [3.8, 4) is 16.9 Å². The first kappa shape index (κ1) is 19.0. The van der Waals surface area contributed by atoms with Gasteiger partial charge < -0.3 is 9.84 Å². The van der Waals surface area contributed by atoms with Crippen LogP contribution in [0.4, 0.5) is 0 Å². The first-order valence-corrected chi connectivity index (χ1v) is 9.14. The summed E-state index contributed by atoms with van der Waals surface area (Å²) in [5, 5.41) is 10.3. The van der Waals surface area contributed by atoms with E-state index in [-0.39, 0.29) is 5.56 Å². The largest absolute Gasteiger partial charge is 0.492 e. The number of aryl methyl sites for hydroxylation is 2. The van der Waals surface area contributed by atoms with E-state index in [4.69, 9.17) is 16.3 Å². The number of ether oxygens (including phenoxy) is 1. The first-order chi connectivity index (χ1) is 12.9. The molecular formula is C23H21ClO3. The molecule has 4 heteroatoms. The van der Waals surface area contributed by atoms with Crippen molar-refractivity contribution < 1.29 is 14.6 Å². The lowest BCUT2D eigenvalue weighted by Gasteiger charge is -2.13. The molecule has 0 saturated heterocycles. The summed E-state index contributed by atoms with van der Waals surface area (Å²) in [7, 11) is 0. The lowest BCUT2D eigenvalue weighted by molar-refractivity contribution is 0.0692.